The molecule has 4 aliphatic rings. The van der Waals surface area contributed by atoms with Gasteiger partial charge in [0.25, 0.3) is 0 Å². The van der Waals surface area contributed by atoms with Gasteiger partial charge in [0, 0.05) is 6.54 Å². The summed E-state index contributed by atoms with van der Waals surface area (Å²) >= 11 is 0. The van der Waals surface area contributed by atoms with Crippen molar-refractivity contribution in [3.63, 3.8) is 0 Å². The van der Waals surface area contributed by atoms with Gasteiger partial charge in [0.15, 0.2) is 0 Å². The van der Waals surface area contributed by atoms with Gasteiger partial charge in [0.2, 0.25) is 0 Å². The Bertz CT molecular complexity index is 628. The van der Waals surface area contributed by atoms with E-state index >= 15 is 0 Å². The molecule has 0 unspecified atom stereocenters. The van der Waals surface area contributed by atoms with E-state index in [1.54, 1.807) is 5.57 Å². The molecule has 0 aliphatic heterocycles. The number of hydrogen-bond donors (Lipinski definition) is 2. The van der Waals surface area contributed by atoms with E-state index in [1.165, 1.54) is 44.1 Å². The highest BCUT2D eigenvalue weighted by Crippen LogP contribution is 2.65. The first-order valence-corrected chi connectivity index (χ1v) is 10.7. The third-order valence-electron chi connectivity index (χ3n) is 8.77. The topological polar surface area (TPSA) is 67.8 Å². The van der Waals surface area contributed by atoms with E-state index in [0.717, 1.165) is 36.3 Å². The molecule has 26 heavy (non-hydrogen) atoms. The van der Waals surface area contributed by atoms with E-state index in [9.17, 15) is 5.11 Å². The second-order valence-corrected chi connectivity index (χ2v) is 9.73. The second-order valence-electron chi connectivity index (χ2n) is 9.73. The average molecular weight is 361 g/mol. The Balaban J connectivity index is 1.62. The van der Waals surface area contributed by atoms with Gasteiger partial charge >= 0.3 is 0 Å². The summed E-state index contributed by atoms with van der Waals surface area (Å²) in [6.45, 7) is 8.15. The van der Waals surface area contributed by atoms with Crippen molar-refractivity contribution in [3.8, 4) is 0 Å². The van der Waals surface area contributed by atoms with Gasteiger partial charge in [-0.3, -0.25) is 0 Å². The number of nitrogens with zero attached hydrogens (tertiary/aromatic N) is 1. The van der Waals surface area contributed by atoms with Gasteiger partial charge < -0.3 is 15.7 Å². The molecule has 0 aromatic carbocycles. The van der Waals surface area contributed by atoms with Crippen molar-refractivity contribution >= 4 is 5.71 Å². The number of fused-ring (bicyclic) bond motifs is 5. The number of rotatable bonds is 3. The number of oxime groups is 1. The second kappa shape index (κ2) is 6.63. The summed E-state index contributed by atoms with van der Waals surface area (Å²) in [4.78, 5) is 5.39. The van der Waals surface area contributed by atoms with Gasteiger partial charge in [0.05, 0.1) is 11.8 Å². The largest absolute Gasteiger partial charge is 0.394 e. The fraction of sp³-hybridized carbons (Fsp3) is 0.864. The maximum atomic E-state index is 10.6. The minimum atomic E-state index is -0.0790. The number of nitrogens with two attached hydrogens (primary N) is 1. The van der Waals surface area contributed by atoms with E-state index in [-0.39, 0.29) is 11.5 Å². The Hall–Kier alpha value is -0.870. The zero-order chi connectivity index (χ0) is 18.5. The summed E-state index contributed by atoms with van der Waals surface area (Å²) in [5, 5.41) is 15.0. The maximum Gasteiger partial charge on any atom is 0.129 e. The van der Waals surface area contributed by atoms with Crippen LogP contribution in [0.5, 0.6) is 0 Å². The van der Waals surface area contributed by atoms with Gasteiger partial charge in [-0.2, -0.15) is 0 Å². The molecule has 0 amide bonds. The molecule has 3 N–H and O–H groups in total. The Labute approximate surface area is 158 Å². The third-order valence-corrected chi connectivity index (χ3v) is 8.77. The number of allylic oxidation sites excluding steroid dienone is 2. The van der Waals surface area contributed by atoms with Crippen LogP contribution < -0.4 is 5.73 Å². The van der Waals surface area contributed by atoms with Crippen LogP contribution >= 0.6 is 0 Å². The lowest BCUT2D eigenvalue weighted by Crippen LogP contribution is -2.51. The molecule has 3 fully saturated rings. The van der Waals surface area contributed by atoms with Crippen molar-refractivity contribution in [2.75, 3.05) is 13.2 Å². The van der Waals surface area contributed by atoms with Gasteiger partial charge in [0.1, 0.15) is 6.61 Å². The molecule has 0 saturated heterocycles. The first-order valence-electron chi connectivity index (χ1n) is 10.7. The Morgan fingerprint density at radius 3 is 2.69 bits per heavy atom. The van der Waals surface area contributed by atoms with E-state index in [0.29, 0.717) is 18.6 Å². The smallest absolute Gasteiger partial charge is 0.129 e. The highest BCUT2D eigenvalue weighted by molar-refractivity contribution is 6.01. The van der Waals surface area contributed by atoms with Gasteiger partial charge in [-0.05, 0) is 92.4 Å². The summed E-state index contributed by atoms with van der Waals surface area (Å²) < 4.78 is 0. The molecule has 4 nitrogen and oxygen atoms in total. The zero-order valence-electron chi connectivity index (χ0n) is 16.8. The molecule has 0 radical (unpaired) electrons. The van der Waals surface area contributed by atoms with Gasteiger partial charge in [-0.1, -0.05) is 24.6 Å². The van der Waals surface area contributed by atoms with E-state index in [1.807, 2.05) is 0 Å². The molecular formula is C22H36N2O2. The molecule has 4 rings (SSSR count). The first kappa shape index (κ1) is 18.5. The van der Waals surface area contributed by atoms with Crippen molar-refractivity contribution in [1.82, 2.24) is 0 Å². The van der Waals surface area contributed by atoms with Gasteiger partial charge in [-0.25, -0.2) is 0 Å². The standard InChI is InChI=1S/C22H36N2O2/c1-14-16-5-4-15-17-6-7-20(25)22(17,3)10-8-18(15)21(16,2)11-9-19(14)24-26-13-12-23/h15,17-18,20,25H,4-13,23H2,1-3H3/b24-19+/t15-,17-,18-,20-,21-,22-/m0/s1. The summed E-state index contributed by atoms with van der Waals surface area (Å²) in [7, 11) is 0. The Morgan fingerprint density at radius 1 is 1.12 bits per heavy atom. The van der Waals surface area contributed by atoms with Crippen LogP contribution in [0.2, 0.25) is 0 Å². The van der Waals surface area contributed by atoms with Gasteiger partial charge in [-0.15, -0.1) is 0 Å². The van der Waals surface area contributed by atoms with Crippen molar-refractivity contribution in [2.45, 2.75) is 78.2 Å². The molecule has 4 aliphatic carbocycles. The number of aliphatic hydroxyl groups is 1. The SMILES string of the molecule is CC1=C2CC[C@H]3[C@@H]4CC[C@H](O)[C@@]4(C)CC[C@@H]3[C@@]2(C)CC/C1=N\OCCN. The van der Waals surface area contributed by atoms with E-state index in [4.69, 9.17) is 10.6 Å². The van der Waals surface area contributed by atoms with Crippen molar-refractivity contribution < 1.29 is 9.94 Å². The van der Waals surface area contributed by atoms with Crippen LogP contribution in [0.4, 0.5) is 0 Å². The molecule has 0 heterocycles. The molecular weight excluding hydrogens is 324 g/mol. The average Bonchev–Trinajstić information content (AvgIpc) is 2.92. The highest BCUT2D eigenvalue weighted by Gasteiger charge is 2.59. The highest BCUT2D eigenvalue weighted by atomic mass is 16.6. The predicted octanol–water partition coefficient (Wildman–Crippen LogP) is 4.03. The summed E-state index contributed by atoms with van der Waals surface area (Å²) in [6, 6.07) is 0. The molecule has 3 saturated carbocycles. The molecule has 0 aromatic rings. The quantitative estimate of drug-likeness (QED) is 0.590. The van der Waals surface area contributed by atoms with Crippen LogP contribution in [0.1, 0.15) is 72.1 Å². The Kier molecular flexibility index (Phi) is 4.71. The van der Waals surface area contributed by atoms with Crippen molar-refractivity contribution in [1.29, 1.82) is 0 Å². The fourth-order valence-corrected chi connectivity index (χ4v) is 7.26. The summed E-state index contributed by atoms with van der Waals surface area (Å²) in [5.41, 5.74) is 10.2. The molecule has 0 spiro atoms. The Morgan fingerprint density at radius 2 is 1.92 bits per heavy atom. The van der Waals surface area contributed by atoms with Crippen molar-refractivity contribution in [2.24, 2.45) is 39.5 Å². The predicted molar refractivity (Wildman–Crippen MR) is 105 cm³/mol. The minimum absolute atomic E-state index is 0.0790. The lowest BCUT2D eigenvalue weighted by Gasteiger charge is -2.58. The number of aliphatic hydroxyl groups excluding tert-OH is 1. The molecule has 0 aromatic heterocycles. The van der Waals surface area contributed by atoms with Crippen LogP contribution in [-0.4, -0.2) is 30.1 Å². The number of hydrogen-bond acceptors (Lipinski definition) is 4. The normalized spacial score (nSPS) is 46.7. The van der Waals surface area contributed by atoms with Crippen LogP contribution in [0.15, 0.2) is 16.3 Å². The lowest BCUT2D eigenvalue weighted by molar-refractivity contribution is -0.0725. The first-order chi connectivity index (χ1) is 12.4. The summed E-state index contributed by atoms with van der Waals surface area (Å²) in [6.07, 6.45) is 9.33. The van der Waals surface area contributed by atoms with Crippen molar-refractivity contribution in [3.05, 3.63) is 11.1 Å². The lowest BCUT2D eigenvalue weighted by atomic mass is 9.47. The maximum absolute atomic E-state index is 10.6. The third kappa shape index (κ3) is 2.59. The molecule has 146 valence electrons. The van der Waals surface area contributed by atoms with Crippen LogP contribution in [0.3, 0.4) is 0 Å². The minimum Gasteiger partial charge on any atom is -0.394 e. The van der Waals surface area contributed by atoms with Crippen LogP contribution in [0, 0.1) is 28.6 Å². The van der Waals surface area contributed by atoms with E-state index < -0.39 is 0 Å². The van der Waals surface area contributed by atoms with E-state index in [2.05, 4.69) is 25.9 Å². The van der Waals surface area contributed by atoms with Crippen LogP contribution in [0.25, 0.3) is 0 Å². The zero-order valence-corrected chi connectivity index (χ0v) is 16.8. The fourth-order valence-electron chi connectivity index (χ4n) is 7.26. The summed E-state index contributed by atoms with van der Waals surface area (Å²) in [5.74, 6) is 2.29. The monoisotopic (exact) mass is 360 g/mol. The van der Waals surface area contributed by atoms with Crippen LogP contribution in [-0.2, 0) is 4.84 Å². The molecule has 6 atom stereocenters. The molecule has 4 heteroatoms. The molecule has 0 bridgehead atoms.